The lowest BCUT2D eigenvalue weighted by Crippen LogP contribution is -2.51. The number of fused-ring (bicyclic) bond motifs is 2. The van der Waals surface area contributed by atoms with Gasteiger partial charge in [-0.05, 0) is 48.0 Å². The smallest absolute Gasteiger partial charge is 0.323 e. The van der Waals surface area contributed by atoms with Gasteiger partial charge in [0.15, 0.2) is 4.87 Å². The van der Waals surface area contributed by atoms with Crippen LogP contribution in [0.1, 0.15) is 11.1 Å². The maximum Gasteiger partial charge on any atom is 0.323 e. The minimum absolute atomic E-state index is 0.201. The van der Waals surface area contributed by atoms with Gasteiger partial charge in [0.05, 0.1) is 19.3 Å². The van der Waals surface area contributed by atoms with Gasteiger partial charge in [-0.1, -0.05) is 30.3 Å². The van der Waals surface area contributed by atoms with E-state index in [1.165, 1.54) is 23.9 Å². The summed E-state index contributed by atoms with van der Waals surface area (Å²) in [7, 11) is 1.57. The molecule has 5 rings (SSSR count). The van der Waals surface area contributed by atoms with Crippen LogP contribution >= 0.6 is 11.8 Å². The average Bonchev–Trinajstić information content (AvgIpc) is 3.37. The number of rotatable bonds is 4. The number of ether oxygens (including phenoxy) is 1. The van der Waals surface area contributed by atoms with Gasteiger partial charge < -0.3 is 15.0 Å². The maximum atomic E-state index is 14.0. The fourth-order valence-electron chi connectivity index (χ4n) is 4.41. The number of thioether (sulfide) groups is 1. The van der Waals surface area contributed by atoms with Crippen LogP contribution in [0.2, 0.25) is 0 Å². The Morgan fingerprint density at radius 3 is 2.70 bits per heavy atom. The Kier molecular flexibility index (Phi) is 5.46. The second-order valence-electron chi connectivity index (χ2n) is 7.84. The molecule has 0 aromatic heterocycles. The molecule has 1 N–H and O–H groups in total. The number of hydrogen-bond acceptors (Lipinski definition) is 4. The predicted octanol–water partition coefficient (Wildman–Crippen LogP) is 4.81. The van der Waals surface area contributed by atoms with Crippen molar-refractivity contribution in [3.05, 3.63) is 89.7 Å². The lowest BCUT2D eigenvalue weighted by atomic mass is 10.1. The molecule has 3 aromatic carbocycles. The first-order valence-corrected chi connectivity index (χ1v) is 11.5. The molecule has 0 aliphatic carbocycles. The Morgan fingerprint density at radius 2 is 1.94 bits per heavy atom. The zero-order valence-electron chi connectivity index (χ0n) is 18.0. The van der Waals surface area contributed by atoms with Crippen LogP contribution in [-0.2, 0) is 16.2 Å². The van der Waals surface area contributed by atoms with Crippen LogP contribution in [0.5, 0.6) is 5.75 Å². The number of carbonyl (C=O) groups is 2. The number of para-hydroxylation sites is 1. The summed E-state index contributed by atoms with van der Waals surface area (Å²) in [6.07, 6.45) is 0. The first-order valence-electron chi connectivity index (χ1n) is 10.6. The molecule has 2 aliphatic heterocycles. The van der Waals surface area contributed by atoms with Crippen LogP contribution < -0.4 is 15.0 Å². The van der Waals surface area contributed by atoms with Crippen LogP contribution in [-0.4, -0.2) is 36.2 Å². The normalized spacial score (nSPS) is 19.2. The van der Waals surface area contributed by atoms with Gasteiger partial charge in [-0.15, -0.1) is 11.8 Å². The fraction of sp³-hybridized carbons (Fsp3) is 0.200. The molecule has 1 spiro atoms. The van der Waals surface area contributed by atoms with E-state index in [4.69, 9.17) is 4.74 Å². The standard InChI is InChI=1S/C25H22FN3O3S/c1-32-20-10-11-22-21(15-20)25(23(30)28(22)16-17-6-5-7-18(26)14-17)29(12-13-33-25)24(31)27-19-8-3-2-4-9-19/h2-11,14-15H,12-13,16H2,1H3,(H,27,31). The van der Waals surface area contributed by atoms with Gasteiger partial charge in [-0.25, -0.2) is 9.18 Å². The van der Waals surface area contributed by atoms with Crippen molar-refractivity contribution in [2.45, 2.75) is 11.4 Å². The van der Waals surface area contributed by atoms with E-state index in [1.54, 1.807) is 47.2 Å². The molecule has 168 valence electrons. The minimum Gasteiger partial charge on any atom is -0.497 e. The molecular formula is C25H22FN3O3S. The van der Waals surface area contributed by atoms with Gasteiger partial charge in [0.1, 0.15) is 11.6 Å². The molecule has 3 aromatic rings. The highest BCUT2D eigenvalue weighted by atomic mass is 32.2. The molecule has 8 heteroatoms. The molecule has 3 amide bonds. The van der Waals surface area contributed by atoms with Crippen molar-refractivity contribution in [1.29, 1.82) is 0 Å². The lowest BCUT2D eigenvalue weighted by molar-refractivity contribution is -0.123. The second-order valence-corrected chi connectivity index (χ2v) is 9.13. The highest BCUT2D eigenvalue weighted by Gasteiger charge is 2.59. The summed E-state index contributed by atoms with van der Waals surface area (Å²) in [4.78, 5) is 29.3. The molecule has 1 atom stereocenters. The molecule has 2 heterocycles. The fourth-order valence-corrected chi connectivity index (χ4v) is 5.86. The Bertz CT molecular complexity index is 1220. The SMILES string of the molecule is COc1ccc2c(c1)C1(SCCN1C(=O)Nc1ccccc1)C(=O)N2Cc1cccc(F)c1. The number of halogens is 1. The average molecular weight is 464 g/mol. The van der Waals surface area contributed by atoms with Crippen LogP contribution in [0, 0.1) is 5.82 Å². The summed E-state index contributed by atoms with van der Waals surface area (Å²) in [5, 5.41) is 2.91. The first-order chi connectivity index (χ1) is 16.0. The molecule has 6 nitrogen and oxygen atoms in total. The first kappa shape index (κ1) is 21.3. The van der Waals surface area contributed by atoms with E-state index in [-0.39, 0.29) is 24.3 Å². The topological polar surface area (TPSA) is 61.9 Å². The largest absolute Gasteiger partial charge is 0.497 e. The Hall–Kier alpha value is -3.52. The van der Waals surface area contributed by atoms with Crippen LogP contribution in [0.25, 0.3) is 0 Å². The highest BCUT2D eigenvalue weighted by molar-refractivity contribution is 8.01. The Balaban J connectivity index is 1.56. The molecule has 0 radical (unpaired) electrons. The number of methoxy groups -OCH3 is 1. The molecule has 1 fully saturated rings. The molecule has 0 saturated carbocycles. The molecule has 2 aliphatic rings. The monoisotopic (exact) mass is 463 g/mol. The summed E-state index contributed by atoms with van der Waals surface area (Å²) in [6.45, 7) is 0.617. The number of hydrogen-bond donors (Lipinski definition) is 1. The zero-order valence-corrected chi connectivity index (χ0v) is 18.8. The third kappa shape index (κ3) is 3.60. The van der Waals surface area contributed by atoms with Crippen molar-refractivity contribution in [3.8, 4) is 5.75 Å². The van der Waals surface area contributed by atoms with Gasteiger partial charge >= 0.3 is 6.03 Å². The van der Waals surface area contributed by atoms with E-state index >= 15 is 0 Å². The summed E-state index contributed by atoms with van der Waals surface area (Å²) < 4.78 is 19.2. The van der Waals surface area contributed by atoms with E-state index < -0.39 is 4.87 Å². The number of benzene rings is 3. The molecular weight excluding hydrogens is 441 g/mol. The number of nitrogens with zero attached hydrogens (tertiary/aromatic N) is 2. The van der Waals surface area contributed by atoms with Gasteiger partial charge in [-0.2, -0.15) is 0 Å². The molecule has 1 unspecified atom stereocenters. The summed E-state index contributed by atoms with van der Waals surface area (Å²) in [5.74, 6) is 0.631. The Morgan fingerprint density at radius 1 is 1.12 bits per heavy atom. The minimum atomic E-state index is -1.21. The lowest BCUT2D eigenvalue weighted by Gasteiger charge is -2.33. The van der Waals surface area contributed by atoms with Crippen molar-refractivity contribution in [2.75, 3.05) is 29.6 Å². The quantitative estimate of drug-likeness (QED) is 0.603. The molecule has 0 bridgehead atoms. The molecule has 33 heavy (non-hydrogen) atoms. The number of carbonyl (C=O) groups excluding carboxylic acids is 2. The summed E-state index contributed by atoms with van der Waals surface area (Å²) in [5.41, 5.74) is 2.72. The third-order valence-electron chi connectivity index (χ3n) is 5.90. The van der Waals surface area contributed by atoms with Gasteiger partial charge in [0.25, 0.3) is 5.91 Å². The van der Waals surface area contributed by atoms with Crippen molar-refractivity contribution in [2.24, 2.45) is 0 Å². The van der Waals surface area contributed by atoms with E-state index in [0.29, 0.717) is 40.5 Å². The van der Waals surface area contributed by atoms with E-state index in [1.807, 2.05) is 30.3 Å². The highest BCUT2D eigenvalue weighted by Crippen LogP contribution is 2.55. The summed E-state index contributed by atoms with van der Waals surface area (Å²) in [6, 6.07) is 20.4. The van der Waals surface area contributed by atoms with Crippen molar-refractivity contribution in [1.82, 2.24) is 4.90 Å². The number of anilines is 2. The van der Waals surface area contributed by atoms with E-state index in [9.17, 15) is 14.0 Å². The van der Waals surface area contributed by atoms with Crippen molar-refractivity contribution >= 4 is 35.1 Å². The van der Waals surface area contributed by atoms with Crippen molar-refractivity contribution in [3.63, 3.8) is 0 Å². The van der Waals surface area contributed by atoms with Crippen LogP contribution in [0.15, 0.2) is 72.8 Å². The third-order valence-corrected chi connectivity index (χ3v) is 7.32. The zero-order chi connectivity index (χ0) is 23.0. The second kappa shape index (κ2) is 8.44. The Labute approximate surface area is 195 Å². The van der Waals surface area contributed by atoms with Crippen molar-refractivity contribution < 1.29 is 18.7 Å². The van der Waals surface area contributed by atoms with Crippen LogP contribution in [0.4, 0.5) is 20.6 Å². The molecule has 1 saturated heterocycles. The number of amides is 3. The predicted molar refractivity (Wildman–Crippen MR) is 127 cm³/mol. The number of nitrogens with one attached hydrogen (secondary N) is 1. The van der Waals surface area contributed by atoms with Gasteiger partial charge in [-0.3, -0.25) is 9.69 Å². The van der Waals surface area contributed by atoms with Gasteiger partial charge in [0.2, 0.25) is 0 Å². The van der Waals surface area contributed by atoms with Crippen LogP contribution in [0.3, 0.4) is 0 Å². The summed E-state index contributed by atoms with van der Waals surface area (Å²) >= 11 is 1.43. The number of urea groups is 1. The van der Waals surface area contributed by atoms with Gasteiger partial charge in [0, 0.05) is 23.5 Å². The van der Waals surface area contributed by atoms with E-state index in [2.05, 4.69) is 5.32 Å². The maximum absolute atomic E-state index is 14.0. The van der Waals surface area contributed by atoms with E-state index in [0.717, 1.165) is 0 Å².